The van der Waals surface area contributed by atoms with Crippen LogP contribution in [0.25, 0.3) is 0 Å². The van der Waals surface area contributed by atoms with Gasteiger partial charge in [-0.15, -0.1) is 0 Å². The number of phenolic OH excluding ortho intramolecular Hbond substituents is 1. The van der Waals surface area contributed by atoms with Crippen molar-refractivity contribution in [3.63, 3.8) is 0 Å². The molecule has 0 radical (unpaired) electrons. The van der Waals surface area contributed by atoms with Crippen molar-refractivity contribution < 1.29 is 34.8 Å². The van der Waals surface area contributed by atoms with Gasteiger partial charge >= 0.3 is 6.03 Å². The van der Waals surface area contributed by atoms with Crippen LogP contribution in [-0.2, 0) is 4.84 Å². The lowest BCUT2D eigenvalue weighted by molar-refractivity contribution is -0.228. The predicted octanol–water partition coefficient (Wildman–Crippen LogP) is 5.45. The topological polar surface area (TPSA) is 144 Å². The van der Waals surface area contributed by atoms with Crippen LogP contribution < -0.4 is 10.1 Å². The van der Waals surface area contributed by atoms with E-state index in [4.69, 9.17) is 14.7 Å². The third kappa shape index (κ3) is 7.77. The third-order valence-electron chi connectivity index (χ3n) is 9.32. The van der Waals surface area contributed by atoms with E-state index in [1.807, 2.05) is 34.6 Å². The summed E-state index contributed by atoms with van der Waals surface area (Å²) >= 11 is 0. The lowest BCUT2D eigenvalue weighted by Crippen LogP contribution is -2.69. The summed E-state index contributed by atoms with van der Waals surface area (Å²) in [5, 5.41) is 50.6. The fraction of sp³-hybridized carbons (Fsp3) is 0.714. The Morgan fingerprint density at radius 1 is 1.11 bits per heavy atom. The van der Waals surface area contributed by atoms with Gasteiger partial charge in [0.2, 0.25) is 5.79 Å². The van der Waals surface area contributed by atoms with E-state index in [-0.39, 0.29) is 49.2 Å². The van der Waals surface area contributed by atoms with Crippen LogP contribution in [0.2, 0.25) is 0 Å². The molecule has 4 rings (SSSR count). The van der Waals surface area contributed by atoms with Crippen LogP contribution >= 0.6 is 0 Å². The highest BCUT2D eigenvalue weighted by atomic mass is 16.6. The van der Waals surface area contributed by atoms with Gasteiger partial charge in [0.05, 0.1) is 11.6 Å². The molecule has 0 bridgehead atoms. The highest BCUT2D eigenvalue weighted by Gasteiger charge is 2.64. The number of oxime groups is 1. The minimum Gasteiger partial charge on any atom is -0.508 e. The van der Waals surface area contributed by atoms with Gasteiger partial charge in [0, 0.05) is 44.2 Å². The molecule has 0 spiro atoms. The number of fused-ring (bicyclic) bond motifs is 2. The average molecular weight is 630 g/mol. The Kier molecular flexibility index (Phi) is 11.8. The predicted molar refractivity (Wildman–Crippen MR) is 174 cm³/mol. The Labute approximate surface area is 268 Å². The maximum atomic E-state index is 13.7. The van der Waals surface area contributed by atoms with Gasteiger partial charge in [0.1, 0.15) is 23.1 Å². The molecule has 1 heterocycles. The second-order valence-corrected chi connectivity index (χ2v) is 13.9. The molecule has 0 saturated heterocycles. The van der Waals surface area contributed by atoms with Crippen LogP contribution in [0.3, 0.4) is 0 Å². The number of unbranched alkanes of at least 4 members (excludes halogenated alkanes) is 2. The number of hydrogen-bond acceptors (Lipinski definition) is 8. The van der Waals surface area contributed by atoms with E-state index in [0.717, 1.165) is 43.2 Å². The number of allylic oxidation sites excluding steroid dienone is 1. The molecule has 10 nitrogen and oxygen atoms in total. The molecule has 6 atom stereocenters. The van der Waals surface area contributed by atoms with Crippen molar-refractivity contribution in [2.45, 2.75) is 116 Å². The molecular weight excluding hydrogens is 574 g/mol. The molecule has 2 aliphatic carbocycles. The summed E-state index contributed by atoms with van der Waals surface area (Å²) in [6, 6.07) is 4.02. The first-order valence-electron chi connectivity index (χ1n) is 17.0. The van der Waals surface area contributed by atoms with E-state index in [1.54, 1.807) is 23.1 Å². The number of carbonyl (C=O) groups excluding carboxylic acids is 1. The lowest BCUT2D eigenvalue weighted by Gasteiger charge is -2.58. The molecule has 10 heteroatoms. The van der Waals surface area contributed by atoms with E-state index in [2.05, 4.69) is 11.4 Å². The Morgan fingerprint density at radius 3 is 2.47 bits per heavy atom. The Morgan fingerprint density at radius 2 is 1.82 bits per heavy atom. The number of aliphatic hydroxyl groups excluding tert-OH is 2. The van der Waals surface area contributed by atoms with Gasteiger partial charge in [-0.1, -0.05) is 37.9 Å². The summed E-state index contributed by atoms with van der Waals surface area (Å²) in [6.07, 6.45) is 8.57. The Hall–Kier alpha value is -2.82. The number of aromatic hydroxyl groups is 1. The number of carbonyl (C=O) groups is 1. The van der Waals surface area contributed by atoms with Crippen molar-refractivity contribution in [2.75, 3.05) is 26.3 Å². The van der Waals surface area contributed by atoms with E-state index < -0.39 is 23.3 Å². The number of aliphatic hydroxyl groups is 3. The summed E-state index contributed by atoms with van der Waals surface area (Å²) in [7, 11) is 0. The minimum atomic E-state index is -1.77. The van der Waals surface area contributed by atoms with Crippen molar-refractivity contribution in [1.29, 1.82) is 0 Å². The van der Waals surface area contributed by atoms with E-state index in [9.17, 15) is 25.2 Å². The highest BCUT2D eigenvalue weighted by Crippen LogP contribution is 2.60. The van der Waals surface area contributed by atoms with Gasteiger partial charge in [0.25, 0.3) is 0 Å². The molecule has 3 aliphatic rings. The van der Waals surface area contributed by atoms with Gasteiger partial charge in [-0.3, -0.25) is 0 Å². The molecule has 252 valence electrons. The zero-order valence-corrected chi connectivity index (χ0v) is 27.8. The molecule has 0 aromatic heterocycles. The highest BCUT2D eigenvalue weighted by molar-refractivity contribution is 6.03. The molecule has 6 unspecified atom stereocenters. The maximum Gasteiger partial charge on any atom is 0.317 e. The number of urea groups is 1. The van der Waals surface area contributed by atoms with Gasteiger partial charge in [0.15, 0.2) is 0 Å². The maximum absolute atomic E-state index is 13.7. The van der Waals surface area contributed by atoms with Crippen LogP contribution in [0.1, 0.15) is 104 Å². The Balaban J connectivity index is 1.95. The van der Waals surface area contributed by atoms with Gasteiger partial charge in [-0.05, 0) is 94.9 Å². The van der Waals surface area contributed by atoms with Crippen molar-refractivity contribution in [3.05, 3.63) is 35.4 Å². The van der Waals surface area contributed by atoms with E-state index in [0.29, 0.717) is 43.8 Å². The van der Waals surface area contributed by atoms with Crippen molar-refractivity contribution in [1.82, 2.24) is 10.2 Å². The zero-order chi connectivity index (χ0) is 32.8. The van der Waals surface area contributed by atoms with Crippen LogP contribution in [0.15, 0.2) is 35.0 Å². The van der Waals surface area contributed by atoms with Crippen LogP contribution in [0, 0.1) is 17.8 Å². The smallest absolute Gasteiger partial charge is 0.317 e. The fourth-order valence-electron chi connectivity index (χ4n) is 7.45. The van der Waals surface area contributed by atoms with Gasteiger partial charge in [-0.2, -0.15) is 0 Å². The minimum absolute atomic E-state index is 0.0528. The van der Waals surface area contributed by atoms with Crippen LogP contribution in [-0.4, -0.2) is 80.8 Å². The standard InChI is InChI=1S/C35H55N3O7/c1-6-16-36-33(42)38(17-7-2)30-22-28(37-45-34(3,4)5)26-20-23(12-8-10-18-39)25(13-9-11-19-40)31-27-21-24(41)14-15-29(27)44-35(30,43)32(26)31/h14-15,20-21,23,25,30-32,39-41,43H,6-13,16-19,22H2,1-5H3,(H,36,42). The molecule has 1 fully saturated rings. The molecular formula is C35H55N3O7. The zero-order valence-electron chi connectivity index (χ0n) is 27.8. The first-order valence-corrected chi connectivity index (χ1v) is 17.0. The summed E-state index contributed by atoms with van der Waals surface area (Å²) in [5.41, 5.74) is 1.81. The van der Waals surface area contributed by atoms with Crippen molar-refractivity contribution >= 4 is 11.7 Å². The number of nitrogens with one attached hydrogen (secondary N) is 1. The molecule has 1 saturated carbocycles. The molecule has 1 aromatic rings. The van der Waals surface area contributed by atoms with Crippen LogP contribution in [0.5, 0.6) is 11.5 Å². The first-order chi connectivity index (χ1) is 21.5. The number of benzene rings is 1. The quantitative estimate of drug-likeness (QED) is 0.136. The normalized spacial score (nSPS) is 28.0. The number of ether oxygens (including phenoxy) is 1. The number of nitrogens with zero attached hydrogens (tertiary/aromatic N) is 2. The molecule has 5 N–H and O–H groups in total. The first kappa shape index (κ1) is 35.0. The summed E-state index contributed by atoms with van der Waals surface area (Å²) in [6.45, 7) is 11.0. The Bertz CT molecular complexity index is 1210. The molecule has 1 aliphatic heterocycles. The van der Waals surface area contributed by atoms with Crippen molar-refractivity contribution in [3.8, 4) is 11.5 Å². The average Bonchev–Trinajstić information content (AvgIpc) is 2.99. The molecule has 1 aromatic carbocycles. The summed E-state index contributed by atoms with van der Waals surface area (Å²) in [4.78, 5) is 21.4. The number of hydrogen-bond donors (Lipinski definition) is 5. The lowest BCUT2D eigenvalue weighted by atomic mass is 9.55. The SMILES string of the molecule is CCCNC(=O)N(CCC)C1CC(=NOC(C)(C)C)C2=CC(CCCCO)C(CCCCO)C3c4cc(O)ccc4OC1(O)C23. The number of rotatable bonds is 14. The van der Waals surface area contributed by atoms with Crippen molar-refractivity contribution in [2.24, 2.45) is 22.9 Å². The number of phenols is 1. The van der Waals surface area contributed by atoms with Gasteiger partial charge < -0.3 is 40.2 Å². The second-order valence-electron chi connectivity index (χ2n) is 13.9. The summed E-state index contributed by atoms with van der Waals surface area (Å²) in [5.74, 6) is -1.84. The monoisotopic (exact) mass is 629 g/mol. The van der Waals surface area contributed by atoms with Gasteiger partial charge in [-0.25, -0.2) is 4.79 Å². The van der Waals surface area contributed by atoms with Crippen LogP contribution in [0.4, 0.5) is 4.79 Å². The molecule has 45 heavy (non-hydrogen) atoms. The fourth-order valence-corrected chi connectivity index (χ4v) is 7.45. The molecule has 2 amide bonds. The van der Waals surface area contributed by atoms with E-state index >= 15 is 0 Å². The number of amides is 2. The summed E-state index contributed by atoms with van der Waals surface area (Å²) < 4.78 is 6.62. The second kappa shape index (κ2) is 15.2. The van der Waals surface area contributed by atoms with E-state index in [1.165, 1.54) is 0 Å². The third-order valence-corrected chi connectivity index (χ3v) is 9.32. The largest absolute Gasteiger partial charge is 0.508 e.